The molecule has 2 amide bonds. The number of carbonyl (C=O) groups is 2. The molecular formula is C21H20N6O2. The maximum atomic E-state index is 13.4. The summed E-state index contributed by atoms with van der Waals surface area (Å²) in [6.45, 7) is 1.11. The van der Waals surface area contributed by atoms with Gasteiger partial charge in [0.25, 0.3) is 5.91 Å². The van der Waals surface area contributed by atoms with Gasteiger partial charge >= 0.3 is 0 Å². The minimum Gasteiger partial charge on any atom is -0.333 e. The van der Waals surface area contributed by atoms with Gasteiger partial charge < -0.3 is 9.80 Å². The first kappa shape index (κ1) is 17.5. The van der Waals surface area contributed by atoms with Crippen LogP contribution < -0.4 is 0 Å². The minimum absolute atomic E-state index is 0.0332. The van der Waals surface area contributed by atoms with Crippen LogP contribution in [-0.4, -0.2) is 60.4 Å². The van der Waals surface area contributed by atoms with Crippen molar-refractivity contribution in [3.8, 4) is 11.4 Å². The molecule has 0 bridgehead atoms. The molecule has 8 nitrogen and oxygen atoms in total. The van der Waals surface area contributed by atoms with Crippen molar-refractivity contribution in [3.63, 3.8) is 0 Å². The monoisotopic (exact) mass is 388 g/mol. The van der Waals surface area contributed by atoms with Crippen LogP contribution >= 0.6 is 0 Å². The molecule has 8 heteroatoms. The molecule has 1 N–H and O–H groups in total. The Labute approximate surface area is 167 Å². The summed E-state index contributed by atoms with van der Waals surface area (Å²) in [6.07, 6.45) is 4.29. The number of amides is 2. The Morgan fingerprint density at radius 1 is 1.10 bits per heavy atom. The first-order valence-corrected chi connectivity index (χ1v) is 9.67. The number of likely N-dealkylation sites (tertiary alicyclic amines) is 2. The zero-order valence-corrected chi connectivity index (χ0v) is 15.7. The van der Waals surface area contributed by atoms with Crippen LogP contribution in [-0.2, 0) is 11.3 Å². The van der Waals surface area contributed by atoms with E-state index in [1.807, 2.05) is 46.2 Å². The molecule has 4 heterocycles. The summed E-state index contributed by atoms with van der Waals surface area (Å²) in [5.41, 5.74) is 2.15. The van der Waals surface area contributed by atoms with E-state index < -0.39 is 0 Å². The number of aromatic nitrogens is 4. The quantitative estimate of drug-likeness (QED) is 0.736. The van der Waals surface area contributed by atoms with Gasteiger partial charge in [-0.2, -0.15) is 5.10 Å². The molecule has 0 radical (unpaired) electrons. The fourth-order valence-electron chi connectivity index (χ4n) is 4.42. The van der Waals surface area contributed by atoms with Crippen LogP contribution in [0.15, 0.2) is 55.0 Å². The van der Waals surface area contributed by atoms with Crippen LogP contribution in [0.1, 0.15) is 28.9 Å². The van der Waals surface area contributed by atoms with E-state index in [0.29, 0.717) is 36.5 Å². The Morgan fingerprint density at radius 3 is 2.76 bits per heavy atom. The SMILES string of the molecule is O=C1C[C@H]2[C@H](CCN2C(=O)c2ccccc2-c2ncn[nH]2)N1Cc1ccccn1. The smallest absolute Gasteiger partial charge is 0.254 e. The topological polar surface area (TPSA) is 95.1 Å². The third-order valence-electron chi connectivity index (χ3n) is 5.76. The number of pyridine rings is 1. The second-order valence-electron chi connectivity index (χ2n) is 7.35. The zero-order valence-electron chi connectivity index (χ0n) is 15.7. The van der Waals surface area contributed by atoms with Gasteiger partial charge in [-0.15, -0.1) is 0 Å². The second-order valence-corrected chi connectivity index (χ2v) is 7.35. The maximum Gasteiger partial charge on any atom is 0.254 e. The molecule has 2 aliphatic rings. The van der Waals surface area contributed by atoms with Crippen LogP contribution in [0.5, 0.6) is 0 Å². The fourth-order valence-corrected chi connectivity index (χ4v) is 4.42. The summed E-state index contributed by atoms with van der Waals surface area (Å²) >= 11 is 0. The maximum absolute atomic E-state index is 13.4. The largest absolute Gasteiger partial charge is 0.333 e. The molecule has 0 aliphatic carbocycles. The molecule has 0 spiro atoms. The molecule has 3 aromatic rings. The van der Waals surface area contributed by atoms with Crippen LogP contribution in [0, 0.1) is 0 Å². The molecule has 2 aromatic heterocycles. The number of rotatable bonds is 4. The second kappa shape index (κ2) is 7.12. The fraction of sp³-hybridized carbons (Fsp3) is 0.286. The molecule has 5 rings (SSSR count). The van der Waals surface area contributed by atoms with Gasteiger partial charge in [0, 0.05) is 24.7 Å². The average Bonchev–Trinajstić information content (AvgIpc) is 3.48. The molecule has 146 valence electrons. The van der Waals surface area contributed by atoms with Crippen LogP contribution in [0.2, 0.25) is 0 Å². The van der Waals surface area contributed by atoms with E-state index in [1.165, 1.54) is 6.33 Å². The van der Waals surface area contributed by atoms with Crippen molar-refractivity contribution < 1.29 is 9.59 Å². The summed E-state index contributed by atoms with van der Waals surface area (Å²) in [5, 5.41) is 6.72. The lowest BCUT2D eigenvalue weighted by atomic mass is 10.0. The first-order chi connectivity index (χ1) is 14.2. The molecule has 29 heavy (non-hydrogen) atoms. The van der Waals surface area contributed by atoms with Crippen LogP contribution in [0.25, 0.3) is 11.4 Å². The Morgan fingerprint density at radius 2 is 1.97 bits per heavy atom. The number of nitrogens with one attached hydrogen (secondary N) is 1. The molecule has 2 saturated heterocycles. The summed E-state index contributed by atoms with van der Waals surface area (Å²) in [6, 6.07) is 13.0. The molecule has 2 atom stereocenters. The summed E-state index contributed by atoms with van der Waals surface area (Å²) in [7, 11) is 0. The predicted molar refractivity (Wildman–Crippen MR) is 104 cm³/mol. The zero-order chi connectivity index (χ0) is 19.8. The van der Waals surface area contributed by atoms with Crippen molar-refractivity contribution in [2.75, 3.05) is 6.54 Å². The highest BCUT2D eigenvalue weighted by molar-refractivity contribution is 6.01. The Kier molecular flexibility index (Phi) is 4.31. The number of carbonyl (C=O) groups excluding carboxylic acids is 2. The van der Waals surface area contributed by atoms with Crippen LogP contribution in [0.4, 0.5) is 0 Å². The van der Waals surface area contributed by atoms with Crippen molar-refractivity contribution >= 4 is 11.8 Å². The lowest BCUT2D eigenvalue weighted by molar-refractivity contribution is -0.129. The van der Waals surface area contributed by atoms with Gasteiger partial charge in [-0.25, -0.2) is 4.98 Å². The van der Waals surface area contributed by atoms with Crippen molar-refractivity contribution in [2.45, 2.75) is 31.5 Å². The average molecular weight is 388 g/mol. The van der Waals surface area contributed by atoms with Gasteiger partial charge in [-0.05, 0) is 24.6 Å². The normalized spacial score (nSPS) is 20.9. The predicted octanol–water partition coefficient (Wildman–Crippen LogP) is 1.88. The Bertz CT molecular complexity index is 1040. The number of benzene rings is 1. The van der Waals surface area contributed by atoms with Crippen molar-refractivity contribution in [3.05, 3.63) is 66.2 Å². The van der Waals surface area contributed by atoms with Gasteiger partial charge in [0.15, 0.2) is 5.82 Å². The number of H-pyrrole nitrogens is 1. The number of nitrogens with zero attached hydrogens (tertiary/aromatic N) is 5. The van der Waals surface area contributed by atoms with Gasteiger partial charge in [0.2, 0.25) is 5.91 Å². The minimum atomic E-state index is -0.110. The van der Waals surface area contributed by atoms with E-state index in [0.717, 1.165) is 12.1 Å². The molecule has 2 fully saturated rings. The number of hydrogen-bond donors (Lipinski definition) is 1. The number of hydrogen-bond acceptors (Lipinski definition) is 5. The van der Waals surface area contributed by atoms with Crippen molar-refractivity contribution in [1.82, 2.24) is 30.0 Å². The molecule has 1 aromatic carbocycles. The van der Waals surface area contributed by atoms with E-state index in [4.69, 9.17) is 0 Å². The highest BCUT2D eigenvalue weighted by atomic mass is 16.2. The molecular weight excluding hydrogens is 368 g/mol. The van der Waals surface area contributed by atoms with Crippen LogP contribution in [0.3, 0.4) is 0 Å². The summed E-state index contributed by atoms with van der Waals surface area (Å²) in [5.74, 6) is 0.563. The van der Waals surface area contributed by atoms with Gasteiger partial charge in [0.1, 0.15) is 6.33 Å². The Hall–Kier alpha value is -3.55. The summed E-state index contributed by atoms with van der Waals surface area (Å²) in [4.78, 5) is 38.3. The van der Waals surface area contributed by atoms with E-state index in [2.05, 4.69) is 20.2 Å². The standard InChI is InChI=1S/C21H20N6O2/c28-19-11-18-17(27(19)12-14-5-3-4-9-22-14)8-10-26(18)21(29)16-7-2-1-6-15(16)20-23-13-24-25-20/h1-7,9,13,17-18H,8,10-12H2,(H,23,24,25)/t17-,18-/m0/s1. The van der Waals surface area contributed by atoms with E-state index in [1.54, 1.807) is 12.3 Å². The lowest BCUT2D eigenvalue weighted by Crippen LogP contribution is -2.40. The molecule has 0 unspecified atom stereocenters. The molecule has 2 aliphatic heterocycles. The third-order valence-corrected chi connectivity index (χ3v) is 5.76. The van der Waals surface area contributed by atoms with Gasteiger partial charge in [-0.1, -0.05) is 24.3 Å². The number of fused-ring (bicyclic) bond motifs is 1. The Balaban J connectivity index is 1.39. The van der Waals surface area contributed by atoms with Gasteiger partial charge in [0.05, 0.1) is 29.9 Å². The highest BCUT2D eigenvalue weighted by Crippen LogP contribution is 2.35. The van der Waals surface area contributed by atoms with Crippen molar-refractivity contribution in [2.24, 2.45) is 0 Å². The van der Waals surface area contributed by atoms with E-state index >= 15 is 0 Å². The van der Waals surface area contributed by atoms with E-state index in [-0.39, 0.29) is 23.9 Å². The van der Waals surface area contributed by atoms with Crippen molar-refractivity contribution in [1.29, 1.82) is 0 Å². The van der Waals surface area contributed by atoms with E-state index in [9.17, 15) is 9.59 Å². The number of aromatic amines is 1. The lowest BCUT2D eigenvalue weighted by Gasteiger charge is -2.25. The first-order valence-electron chi connectivity index (χ1n) is 9.67. The third kappa shape index (κ3) is 3.06. The van der Waals surface area contributed by atoms with Gasteiger partial charge in [-0.3, -0.25) is 19.7 Å². The summed E-state index contributed by atoms with van der Waals surface area (Å²) < 4.78 is 0. The molecule has 0 saturated carbocycles. The highest BCUT2D eigenvalue weighted by Gasteiger charge is 2.48.